The van der Waals surface area contributed by atoms with Gasteiger partial charge in [0.05, 0.1) is 13.1 Å². The molecule has 0 bridgehead atoms. The van der Waals surface area contributed by atoms with Gasteiger partial charge in [0, 0.05) is 22.7 Å². The Kier molecular flexibility index (Phi) is 6.38. The molecule has 27 heavy (non-hydrogen) atoms. The van der Waals surface area contributed by atoms with Gasteiger partial charge in [-0.15, -0.1) is 0 Å². The number of aromatic nitrogens is 2. The second kappa shape index (κ2) is 9.14. The van der Waals surface area contributed by atoms with Crippen molar-refractivity contribution in [2.24, 2.45) is 4.99 Å². The first-order chi connectivity index (χ1) is 13.2. The fraction of sp³-hybridized carbons (Fsp3) is 0.211. The molecule has 3 rings (SSSR count). The molecule has 0 saturated carbocycles. The molecule has 1 aromatic heterocycles. The highest BCUT2D eigenvalue weighted by molar-refractivity contribution is 6.30. The van der Waals surface area contributed by atoms with Crippen LogP contribution in [0.1, 0.15) is 18.4 Å². The molecule has 0 atom stereocenters. The Hall–Kier alpha value is -2.93. The average Bonchev–Trinajstić information content (AvgIpc) is 3.15. The first-order valence-electron chi connectivity index (χ1n) is 8.50. The Morgan fingerprint density at radius 3 is 2.67 bits per heavy atom. The van der Waals surface area contributed by atoms with Crippen molar-refractivity contribution in [3.8, 4) is 11.4 Å². The van der Waals surface area contributed by atoms with E-state index in [1.807, 2.05) is 19.1 Å². The number of halogens is 2. The van der Waals surface area contributed by atoms with Crippen LogP contribution in [0.2, 0.25) is 5.02 Å². The van der Waals surface area contributed by atoms with E-state index in [9.17, 15) is 4.39 Å². The molecule has 0 aliphatic carbocycles. The van der Waals surface area contributed by atoms with Gasteiger partial charge in [-0.3, -0.25) is 0 Å². The normalized spacial score (nSPS) is 11.4. The van der Waals surface area contributed by atoms with Crippen molar-refractivity contribution in [1.82, 2.24) is 20.8 Å². The first-order valence-corrected chi connectivity index (χ1v) is 8.87. The first kappa shape index (κ1) is 18.8. The fourth-order valence-corrected chi connectivity index (χ4v) is 2.46. The Morgan fingerprint density at radius 2 is 1.93 bits per heavy atom. The number of nitrogens with one attached hydrogen (secondary N) is 2. The van der Waals surface area contributed by atoms with Gasteiger partial charge in [-0.2, -0.15) is 4.98 Å². The summed E-state index contributed by atoms with van der Waals surface area (Å²) in [4.78, 5) is 8.73. The second-order valence-electron chi connectivity index (χ2n) is 5.66. The monoisotopic (exact) mass is 387 g/mol. The smallest absolute Gasteiger partial charge is 0.246 e. The lowest BCUT2D eigenvalue weighted by atomic mass is 10.2. The molecule has 2 N–H and O–H groups in total. The van der Waals surface area contributed by atoms with E-state index in [-0.39, 0.29) is 12.4 Å². The maximum atomic E-state index is 13.7. The number of hydrogen-bond donors (Lipinski definition) is 2. The van der Waals surface area contributed by atoms with Crippen LogP contribution in [0.5, 0.6) is 0 Å². The van der Waals surface area contributed by atoms with E-state index in [2.05, 4.69) is 25.8 Å². The van der Waals surface area contributed by atoms with Crippen LogP contribution in [0.4, 0.5) is 4.39 Å². The van der Waals surface area contributed by atoms with Crippen molar-refractivity contribution in [3.05, 3.63) is 70.8 Å². The molecule has 8 heteroatoms. The molecule has 1 heterocycles. The van der Waals surface area contributed by atoms with Gasteiger partial charge >= 0.3 is 0 Å². The van der Waals surface area contributed by atoms with Gasteiger partial charge in [0.2, 0.25) is 11.7 Å². The third-order valence-corrected chi connectivity index (χ3v) is 3.94. The van der Waals surface area contributed by atoms with Crippen LogP contribution < -0.4 is 10.6 Å². The molecule has 0 aliphatic heterocycles. The molecule has 0 spiro atoms. The lowest BCUT2D eigenvalue weighted by Gasteiger charge is -2.09. The van der Waals surface area contributed by atoms with Crippen LogP contribution in [0, 0.1) is 5.82 Å². The van der Waals surface area contributed by atoms with E-state index in [1.165, 1.54) is 6.07 Å². The van der Waals surface area contributed by atoms with Gasteiger partial charge in [-0.1, -0.05) is 35.0 Å². The number of rotatable bonds is 6. The lowest BCUT2D eigenvalue weighted by Crippen LogP contribution is -2.36. The molecular weight excluding hydrogens is 369 g/mol. The Bertz CT molecular complexity index is 910. The zero-order valence-electron chi connectivity index (χ0n) is 14.7. The zero-order valence-corrected chi connectivity index (χ0v) is 15.5. The predicted molar refractivity (Wildman–Crippen MR) is 103 cm³/mol. The Labute approximate surface area is 161 Å². The van der Waals surface area contributed by atoms with E-state index in [4.69, 9.17) is 16.1 Å². The highest BCUT2D eigenvalue weighted by atomic mass is 35.5. The molecule has 0 amide bonds. The lowest BCUT2D eigenvalue weighted by molar-refractivity contribution is 0.375. The number of nitrogens with zero attached hydrogens (tertiary/aromatic N) is 3. The van der Waals surface area contributed by atoms with Crippen LogP contribution >= 0.6 is 11.6 Å². The molecule has 140 valence electrons. The third kappa shape index (κ3) is 5.27. The van der Waals surface area contributed by atoms with Crippen LogP contribution in [-0.2, 0) is 13.1 Å². The van der Waals surface area contributed by atoms with E-state index < -0.39 is 0 Å². The van der Waals surface area contributed by atoms with E-state index in [0.717, 1.165) is 5.56 Å². The molecule has 0 unspecified atom stereocenters. The average molecular weight is 388 g/mol. The molecule has 6 nitrogen and oxygen atoms in total. The van der Waals surface area contributed by atoms with Crippen LogP contribution in [0.3, 0.4) is 0 Å². The molecule has 0 fully saturated rings. The zero-order chi connectivity index (χ0) is 19.1. The summed E-state index contributed by atoms with van der Waals surface area (Å²) in [5.74, 6) is 1.15. The Balaban J connectivity index is 1.63. The van der Waals surface area contributed by atoms with Crippen molar-refractivity contribution in [2.45, 2.75) is 20.0 Å². The van der Waals surface area contributed by atoms with Crippen LogP contribution in [0.15, 0.2) is 58.0 Å². The number of aliphatic imine (C=N–C) groups is 1. The van der Waals surface area contributed by atoms with Crippen molar-refractivity contribution >= 4 is 17.6 Å². The standard InChI is InChI=1S/C19H19ClFN5O/c1-2-22-19(23-11-14-5-3-4-6-16(14)21)24-12-17-25-18(26-27-17)13-7-9-15(20)10-8-13/h3-10H,2,11-12H2,1H3,(H2,22,23,24). The maximum Gasteiger partial charge on any atom is 0.246 e. The highest BCUT2D eigenvalue weighted by Crippen LogP contribution is 2.18. The number of benzene rings is 2. The van der Waals surface area contributed by atoms with Crippen molar-refractivity contribution in [2.75, 3.05) is 6.54 Å². The highest BCUT2D eigenvalue weighted by Gasteiger charge is 2.09. The molecule has 0 saturated heterocycles. The molecule has 0 radical (unpaired) electrons. The maximum absolute atomic E-state index is 13.7. The van der Waals surface area contributed by atoms with Crippen LogP contribution in [-0.4, -0.2) is 22.6 Å². The summed E-state index contributed by atoms with van der Waals surface area (Å²) in [6.07, 6.45) is 0. The van der Waals surface area contributed by atoms with Gasteiger partial charge < -0.3 is 15.2 Å². The Morgan fingerprint density at radius 1 is 1.15 bits per heavy atom. The largest absolute Gasteiger partial charge is 0.357 e. The second-order valence-corrected chi connectivity index (χ2v) is 6.10. The van der Waals surface area contributed by atoms with E-state index >= 15 is 0 Å². The van der Waals surface area contributed by atoms with Crippen molar-refractivity contribution in [1.29, 1.82) is 0 Å². The topological polar surface area (TPSA) is 75.3 Å². The number of guanidine groups is 1. The molecule has 3 aromatic rings. The minimum atomic E-state index is -0.276. The minimum Gasteiger partial charge on any atom is -0.357 e. The SMILES string of the molecule is CCNC(=NCc1ccccc1F)NCc1nc(-c2ccc(Cl)cc2)no1. The van der Waals surface area contributed by atoms with Crippen molar-refractivity contribution in [3.63, 3.8) is 0 Å². The van der Waals surface area contributed by atoms with Crippen LogP contribution in [0.25, 0.3) is 11.4 Å². The summed E-state index contributed by atoms with van der Waals surface area (Å²) in [5.41, 5.74) is 1.34. The summed E-state index contributed by atoms with van der Waals surface area (Å²) in [5, 5.41) is 10.8. The van der Waals surface area contributed by atoms with Gasteiger partial charge in [-0.05, 0) is 37.3 Å². The summed E-state index contributed by atoms with van der Waals surface area (Å²) < 4.78 is 19.0. The van der Waals surface area contributed by atoms with Gasteiger partial charge in [0.1, 0.15) is 5.82 Å². The number of hydrogen-bond acceptors (Lipinski definition) is 4. The summed E-state index contributed by atoms with van der Waals surface area (Å²) in [7, 11) is 0. The van der Waals surface area contributed by atoms with E-state index in [1.54, 1.807) is 30.3 Å². The summed E-state index contributed by atoms with van der Waals surface area (Å²) >= 11 is 5.88. The third-order valence-electron chi connectivity index (χ3n) is 3.69. The molecule has 2 aromatic carbocycles. The van der Waals surface area contributed by atoms with Gasteiger partial charge in [0.15, 0.2) is 5.96 Å². The molecule has 0 aliphatic rings. The fourth-order valence-electron chi connectivity index (χ4n) is 2.33. The predicted octanol–water partition coefficient (Wildman–Crippen LogP) is 3.78. The van der Waals surface area contributed by atoms with E-state index in [0.29, 0.717) is 41.4 Å². The molecular formula is C19H19ClFN5O. The quantitative estimate of drug-likeness (QED) is 0.497. The van der Waals surface area contributed by atoms with Gasteiger partial charge in [-0.25, -0.2) is 9.38 Å². The van der Waals surface area contributed by atoms with Gasteiger partial charge in [0.25, 0.3) is 0 Å². The minimum absolute atomic E-state index is 0.224. The summed E-state index contributed by atoms with van der Waals surface area (Å²) in [6, 6.07) is 13.7. The van der Waals surface area contributed by atoms with Crippen molar-refractivity contribution < 1.29 is 8.91 Å². The summed E-state index contributed by atoms with van der Waals surface area (Å²) in [6.45, 7) is 3.14.